The highest BCUT2D eigenvalue weighted by molar-refractivity contribution is 7.54. The third kappa shape index (κ3) is 6.11. The molecule has 3 aromatic rings. The van der Waals surface area contributed by atoms with Crippen molar-refractivity contribution in [1.29, 1.82) is 0 Å². The lowest BCUT2D eigenvalue weighted by molar-refractivity contribution is -0.114. The number of aromatic hydroxyl groups is 1. The van der Waals surface area contributed by atoms with Gasteiger partial charge in [-0.15, -0.1) is 0 Å². The molecule has 33 heavy (non-hydrogen) atoms. The van der Waals surface area contributed by atoms with E-state index in [9.17, 15) is 14.5 Å². The second-order valence-electron chi connectivity index (χ2n) is 6.74. The second-order valence-corrected chi connectivity index (χ2v) is 9.20. The molecule has 0 saturated carbocycles. The van der Waals surface area contributed by atoms with Crippen molar-refractivity contribution < 1.29 is 28.3 Å². The lowest BCUT2D eigenvalue weighted by atomic mass is 10.2. The molecule has 0 atom stereocenters. The molecule has 3 rings (SSSR count). The van der Waals surface area contributed by atoms with Gasteiger partial charge in [-0.3, -0.25) is 9.36 Å². The molecule has 0 aliphatic heterocycles. The fourth-order valence-corrected chi connectivity index (χ4v) is 4.71. The number of amides is 1. The summed E-state index contributed by atoms with van der Waals surface area (Å²) in [4.78, 5) is 21.2. The second kappa shape index (κ2) is 10.8. The molecule has 1 amide bonds. The maximum Gasteiger partial charge on any atom is 0.340 e. The minimum atomic E-state index is -3.57. The average Bonchev–Trinajstić information content (AvgIpc) is 2.76. The van der Waals surface area contributed by atoms with E-state index in [1.807, 2.05) is 0 Å². The monoisotopic (exact) mass is 494 g/mol. The Morgan fingerprint density at radius 1 is 1.15 bits per heavy atom. The van der Waals surface area contributed by atoms with Gasteiger partial charge in [-0.05, 0) is 38.1 Å². The molecule has 10 nitrogen and oxygen atoms in total. The number of nitrogens with zero attached hydrogens (tertiary/aromatic N) is 2. The van der Waals surface area contributed by atoms with Crippen molar-refractivity contribution in [3.63, 3.8) is 0 Å². The van der Waals surface area contributed by atoms with Gasteiger partial charge in [0, 0.05) is 17.1 Å². The first-order valence-corrected chi connectivity index (χ1v) is 12.2. The number of aromatic nitrogens is 2. The van der Waals surface area contributed by atoms with Gasteiger partial charge < -0.3 is 29.5 Å². The van der Waals surface area contributed by atoms with Crippen LogP contribution in [0, 0.1) is 0 Å². The number of anilines is 3. The van der Waals surface area contributed by atoms with Crippen molar-refractivity contribution in [3.05, 3.63) is 41.7 Å². The summed E-state index contributed by atoms with van der Waals surface area (Å²) < 4.78 is 28.5. The lowest BCUT2D eigenvalue weighted by Gasteiger charge is -2.17. The van der Waals surface area contributed by atoms with Crippen LogP contribution in [0.5, 0.6) is 11.5 Å². The van der Waals surface area contributed by atoms with E-state index < -0.39 is 19.7 Å². The summed E-state index contributed by atoms with van der Waals surface area (Å²) in [5, 5.41) is 16.2. The average molecular weight is 495 g/mol. The number of nitrogens with one attached hydrogen (secondary N) is 2. The molecule has 0 aliphatic rings. The molecule has 0 saturated heterocycles. The predicted molar refractivity (Wildman–Crippen MR) is 127 cm³/mol. The largest absolute Gasteiger partial charge is 0.506 e. The Kier molecular flexibility index (Phi) is 8.10. The molecular formula is C21H24ClN4O6P. The Balaban J connectivity index is 1.93. The molecule has 0 unspecified atom stereocenters. The van der Waals surface area contributed by atoms with Crippen LogP contribution in [0.4, 0.5) is 17.2 Å². The Morgan fingerprint density at radius 2 is 1.88 bits per heavy atom. The number of carbonyl (C=O) groups is 1. The molecule has 2 aromatic carbocycles. The Bertz CT molecular complexity index is 1200. The van der Waals surface area contributed by atoms with Crippen LogP contribution >= 0.6 is 19.2 Å². The molecule has 0 spiro atoms. The number of fused-ring (bicyclic) bond motifs is 1. The molecule has 0 aliphatic carbocycles. The van der Waals surface area contributed by atoms with Crippen LogP contribution in [0.3, 0.4) is 0 Å². The van der Waals surface area contributed by atoms with Crippen LogP contribution in [-0.2, 0) is 18.4 Å². The molecule has 3 N–H and O–H groups in total. The minimum Gasteiger partial charge on any atom is -0.506 e. The van der Waals surface area contributed by atoms with Gasteiger partial charge in [0.05, 0.1) is 36.6 Å². The van der Waals surface area contributed by atoms with Gasteiger partial charge in [-0.1, -0.05) is 11.6 Å². The number of rotatable bonds is 10. The highest BCUT2D eigenvalue weighted by Crippen LogP contribution is 2.48. The fraction of sp³-hybridized carbons (Fsp3) is 0.286. The third-order valence-electron chi connectivity index (χ3n) is 4.43. The Hall–Kier alpha value is -2.91. The molecule has 12 heteroatoms. The number of halogens is 1. The summed E-state index contributed by atoms with van der Waals surface area (Å²) in [5.74, 6) is 0.195. The first kappa shape index (κ1) is 24.7. The van der Waals surface area contributed by atoms with E-state index in [0.717, 1.165) is 0 Å². The predicted octanol–water partition coefficient (Wildman–Crippen LogP) is 4.95. The molecule has 176 valence electrons. The summed E-state index contributed by atoms with van der Waals surface area (Å²) in [7, 11) is -2.11. The van der Waals surface area contributed by atoms with E-state index in [4.69, 9.17) is 25.4 Å². The van der Waals surface area contributed by atoms with Gasteiger partial charge in [0.15, 0.2) is 0 Å². The van der Waals surface area contributed by atoms with E-state index in [0.29, 0.717) is 33.8 Å². The van der Waals surface area contributed by atoms with Gasteiger partial charge in [0.1, 0.15) is 29.8 Å². The van der Waals surface area contributed by atoms with Crippen LogP contribution in [0.1, 0.15) is 13.8 Å². The van der Waals surface area contributed by atoms with Crippen LogP contribution in [-0.4, -0.2) is 47.5 Å². The standard InChI is InChI=1S/C21H24ClN4O6P/c1-4-31-33(29,32-5-2)11-20(28)26-17-9-14-16(10-19(17)30-3)23-12-24-21(14)25-13-6-7-18(27)15(22)8-13/h6-10,12,27H,4-5,11H2,1-3H3,(H,26,28)(H,23,24,25). The van der Waals surface area contributed by atoms with Gasteiger partial charge in [0.2, 0.25) is 5.91 Å². The Morgan fingerprint density at radius 3 is 2.52 bits per heavy atom. The zero-order valence-corrected chi connectivity index (χ0v) is 19.9. The van der Waals surface area contributed by atoms with Crippen molar-refractivity contribution >= 4 is 53.2 Å². The number of phenolic OH excluding ortho intramolecular Hbond substituents is 1. The fourth-order valence-electron chi connectivity index (χ4n) is 3.06. The van der Waals surface area contributed by atoms with Crippen LogP contribution in [0.25, 0.3) is 10.9 Å². The van der Waals surface area contributed by atoms with Crippen molar-refractivity contribution in [2.75, 3.05) is 37.1 Å². The summed E-state index contributed by atoms with van der Waals surface area (Å²) in [6, 6.07) is 7.93. The number of carbonyl (C=O) groups excluding carboxylic acids is 1. The molecule has 0 bridgehead atoms. The van der Waals surface area contributed by atoms with Crippen molar-refractivity contribution in [3.8, 4) is 11.5 Å². The molecule has 0 fully saturated rings. The van der Waals surface area contributed by atoms with Crippen LogP contribution < -0.4 is 15.4 Å². The maximum atomic E-state index is 12.7. The first-order chi connectivity index (χ1) is 15.8. The SMILES string of the molecule is CCOP(=O)(CC(=O)Nc1cc2c(Nc3ccc(O)c(Cl)c3)ncnc2cc1OC)OCC. The van der Waals surface area contributed by atoms with Crippen molar-refractivity contribution in [2.24, 2.45) is 0 Å². The maximum absolute atomic E-state index is 12.7. The summed E-state index contributed by atoms with van der Waals surface area (Å²) in [5.41, 5.74) is 1.48. The van der Waals surface area contributed by atoms with E-state index in [-0.39, 0.29) is 24.0 Å². The topological polar surface area (TPSA) is 132 Å². The zero-order chi connectivity index (χ0) is 24.0. The lowest BCUT2D eigenvalue weighted by Crippen LogP contribution is -2.18. The smallest absolute Gasteiger partial charge is 0.340 e. The molecule has 0 radical (unpaired) electrons. The number of methoxy groups -OCH3 is 1. The highest BCUT2D eigenvalue weighted by atomic mass is 35.5. The number of benzene rings is 2. The highest BCUT2D eigenvalue weighted by Gasteiger charge is 2.28. The zero-order valence-electron chi connectivity index (χ0n) is 18.3. The summed E-state index contributed by atoms with van der Waals surface area (Å²) >= 11 is 5.99. The van der Waals surface area contributed by atoms with Crippen LogP contribution in [0.15, 0.2) is 36.7 Å². The molecule has 1 aromatic heterocycles. The van der Waals surface area contributed by atoms with E-state index in [2.05, 4.69) is 20.6 Å². The normalized spacial score (nSPS) is 11.4. The third-order valence-corrected chi connectivity index (χ3v) is 6.71. The molecule has 1 heterocycles. The molecular weight excluding hydrogens is 471 g/mol. The quantitative estimate of drug-likeness (QED) is 0.264. The van der Waals surface area contributed by atoms with Crippen molar-refractivity contribution in [2.45, 2.75) is 13.8 Å². The van der Waals surface area contributed by atoms with E-state index >= 15 is 0 Å². The van der Waals surface area contributed by atoms with E-state index in [1.54, 1.807) is 38.1 Å². The van der Waals surface area contributed by atoms with Gasteiger partial charge in [0.25, 0.3) is 0 Å². The van der Waals surface area contributed by atoms with Gasteiger partial charge in [-0.25, -0.2) is 9.97 Å². The minimum absolute atomic E-state index is 0.0408. The number of ether oxygens (including phenoxy) is 1. The van der Waals surface area contributed by atoms with Gasteiger partial charge >= 0.3 is 7.60 Å². The number of hydrogen-bond donors (Lipinski definition) is 3. The van der Waals surface area contributed by atoms with E-state index in [1.165, 1.54) is 19.5 Å². The number of hydrogen-bond acceptors (Lipinski definition) is 9. The van der Waals surface area contributed by atoms with Crippen molar-refractivity contribution in [1.82, 2.24) is 9.97 Å². The van der Waals surface area contributed by atoms with Gasteiger partial charge in [-0.2, -0.15) is 0 Å². The van der Waals surface area contributed by atoms with Crippen LogP contribution in [0.2, 0.25) is 5.02 Å². The first-order valence-electron chi connectivity index (χ1n) is 10.0. The summed E-state index contributed by atoms with van der Waals surface area (Å²) in [6.07, 6.45) is 0.934. The summed E-state index contributed by atoms with van der Waals surface area (Å²) in [6.45, 7) is 3.65. The Labute approximate surface area is 195 Å². The number of phenols is 1.